The second-order valence-electron chi connectivity index (χ2n) is 6.81. The van der Waals surface area contributed by atoms with Gasteiger partial charge in [-0.2, -0.15) is 0 Å². The lowest BCUT2D eigenvalue weighted by Crippen LogP contribution is -2.38. The summed E-state index contributed by atoms with van der Waals surface area (Å²) in [6.07, 6.45) is 0.250. The van der Waals surface area contributed by atoms with Gasteiger partial charge in [0.25, 0.3) is 0 Å². The minimum absolute atomic E-state index is 0.0345. The van der Waals surface area contributed by atoms with Crippen LogP contribution in [-0.4, -0.2) is 29.8 Å². The first-order valence-electron chi connectivity index (χ1n) is 7.37. The van der Waals surface area contributed by atoms with Crippen LogP contribution in [0, 0.1) is 0 Å². The molecule has 4 heteroatoms. The molecule has 4 nitrogen and oxygen atoms in total. The van der Waals surface area contributed by atoms with E-state index in [-0.39, 0.29) is 29.7 Å². The largest absolute Gasteiger partial charge is 0.299 e. The van der Waals surface area contributed by atoms with E-state index in [4.69, 9.17) is 0 Å². The molecule has 1 aliphatic rings. The second kappa shape index (κ2) is 5.60. The highest BCUT2D eigenvalue weighted by atomic mass is 16.2. The Morgan fingerprint density at radius 1 is 1.19 bits per heavy atom. The Labute approximate surface area is 126 Å². The third kappa shape index (κ3) is 3.32. The maximum Gasteiger partial charge on any atom is 0.246 e. The highest BCUT2D eigenvalue weighted by Crippen LogP contribution is 2.24. The molecular weight excluding hydrogens is 264 g/mol. The number of carbonyl (C=O) groups is 2. The first-order chi connectivity index (χ1) is 9.70. The van der Waals surface area contributed by atoms with Gasteiger partial charge in [0, 0.05) is 13.1 Å². The van der Waals surface area contributed by atoms with Gasteiger partial charge in [0.15, 0.2) is 0 Å². The molecule has 1 saturated heterocycles. The maximum absolute atomic E-state index is 11.9. The molecule has 0 radical (unpaired) electrons. The van der Waals surface area contributed by atoms with Crippen LogP contribution in [0.15, 0.2) is 24.3 Å². The molecule has 1 aliphatic heterocycles. The molecular formula is C17H24N2O2. The number of carbonyl (C=O) groups excluding carboxylic acids is 2. The summed E-state index contributed by atoms with van der Waals surface area (Å²) in [6.45, 7) is 8.56. The summed E-state index contributed by atoms with van der Waals surface area (Å²) in [4.78, 5) is 24.6. The number of hydrogen-bond acceptors (Lipinski definition) is 3. The molecule has 1 aromatic carbocycles. The summed E-state index contributed by atoms with van der Waals surface area (Å²) in [7, 11) is 1.54. The molecule has 0 aromatic heterocycles. The van der Waals surface area contributed by atoms with Crippen molar-refractivity contribution >= 4 is 11.8 Å². The molecule has 1 fully saturated rings. The number of likely N-dealkylation sites (N-methyl/N-ethyl adjacent to an activating group) is 1. The molecule has 2 atom stereocenters. The summed E-state index contributed by atoms with van der Waals surface area (Å²) in [5.74, 6) is -0.258. The van der Waals surface area contributed by atoms with E-state index in [1.54, 1.807) is 0 Å². The molecule has 21 heavy (non-hydrogen) atoms. The zero-order chi connectivity index (χ0) is 15.8. The van der Waals surface area contributed by atoms with E-state index in [0.717, 1.165) is 5.56 Å². The van der Waals surface area contributed by atoms with E-state index in [1.165, 1.54) is 17.5 Å². The topological polar surface area (TPSA) is 49.4 Å². The van der Waals surface area contributed by atoms with Gasteiger partial charge in [-0.3, -0.25) is 19.8 Å². The van der Waals surface area contributed by atoms with Crippen LogP contribution in [0.4, 0.5) is 0 Å². The third-order valence-corrected chi connectivity index (χ3v) is 4.11. The van der Waals surface area contributed by atoms with E-state index >= 15 is 0 Å². The lowest BCUT2D eigenvalue weighted by Gasteiger charge is -2.22. The average Bonchev–Trinajstić information content (AvgIpc) is 2.65. The first kappa shape index (κ1) is 15.7. The number of nitrogens with zero attached hydrogens (tertiary/aromatic N) is 1. The zero-order valence-electron chi connectivity index (χ0n) is 13.4. The Morgan fingerprint density at radius 2 is 1.76 bits per heavy atom. The lowest BCUT2D eigenvalue weighted by molar-refractivity contribution is -0.137. The fourth-order valence-electron chi connectivity index (χ4n) is 2.56. The minimum Gasteiger partial charge on any atom is -0.299 e. The number of nitrogens with one attached hydrogen (secondary N) is 1. The van der Waals surface area contributed by atoms with E-state index in [0.29, 0.717) is 0 Å². The summed E-state index contributed by atoms with van der Waals surface area (Å²) in [5, 5.41) is 3.25. The van der Waals surface area contributed by atoms with Crippen LogP contribution >= 0.6 is 0 Å². The monoisotopic (exact) mass is 288 g/mol. The van der Waals surface area contributed by atoms with Crippen molar-refractivity contribution in [2.45, 2.75) is 51.6 Å². The molecule has 0 spiro atoms. The minimum atomic E-state index is -0.403. The number of benzene rings is 1. The van der Waals surface area contributed by atoms with Gasteiger partial charge < -0.3 is 0 Å². The normalized spacial score (nSPS) is 21.0. The van der Waals surface area contributed by atoms with Crippen LogP contribution in [0.1, 0.15) is 51.3 Å². The van der Waals surface area contributed by atoms with Gasteiger partial charge in [-0.05, 0) is 23.5 Å². The van der Waals surface area contributed by atoms with Crippen molar-refractivity contribution < 1.29 is 9.59 Å². The smallest absolute Gasteiger partial charge is 0.246 e. The van der Waals surface area contributed by atoms with Crippen LogP contribution in [0.3, 0.4) is 0 Å². The number of amides is 2. The van der Waals surface area contributed by atoms with Gasteiger partial charge in [0.05, 0.1) is 12.5 Å². The van der Waals surface area contributed by atoms with Gasteiger partial charge >= 0.3 is 0 Å². The Morgan fingerprint density at radius 3 is 2.19 bits per heavy atom. The Balaban J connectivity index is 2.06. The highest BCUT2D eigenvalue weighted by Gasteiger charge is 2.36. The van der Waals surface area contributed by atoms with Gasteiger partial charge in [-0.15, -0.1) is 0 Å². The Kier molecular flexibility index (Phi) is 4.19. The summed E-state index contributed by atoms with van der Waals surface area (Å²) >= 11 is 0. The van der Waals surface area contributed by atoms with Crippen LogP contribution in [0.2, 0.25) is 0 Å². The van der Waals surface area contributed by atoms with Crippen molar-refractivity contribution in [1.82, 2.24) is 10.2 Å². The number of likely N-dealkylation sites (tertiary alicyclic amines) is 1. The molecule has 2 amide bonds. The molecule has 1 heterocycles. The molecule has 0 aliphatic carbocycles. The van der Waals surface area contributed by atoms with Crippen LogP contribution in [0.25, 0.3) is 0 Å². The Hall–Kier alpha value is -1.68. The molecule has 0 saturated carbocycles. The average molecular weight is 288 g/mol. The van der Waals surface area contributed by atoms with Crippen LogP contribution in [0.5, 0.6) is 0 Å². The van der Waals surface area contributed by atoms with E-state index in [2.05, 4.69) is 50.4 Å². The number of rotatable bonds is 3. The summed E-state index contributed by atoms with van der Waals surface area (Å²) < 4.78 is 0. The zero-order valence-corrected chi connectivity index (χ0v) is 13.4. The Bertz CT molecular complexity index is 543. The van der Waals surface area contributed by atoms with Gasteiger partial charge in [0.2, 0.25) is 11.8 Å². The number of hydrogen-bond donors (Lipinski definition) is 1. The second-order valence-corrected chi connectivity index (χ2v) is 6.81. The predicted octanol–water partition coefficient (Wildman–Crippen LogP) is 2.39. The maximum atomic E-state index is 11.9. The molecule has 114 valence electrons. The van der Waals surface area contributed by atoms with Crippen molar-refractivity contribution in [3.05, 3.63) is 35.4 Å². The SMILES string of the molecule is CC(NC1CC(=O)N(C)C1=O)c1ccc(C(C)(C)C)cc1. The summed E-state index contributed by atoms with van der Waals surface area (Å²) in [6, 6.07) is 8.06. The van der Waals surface area contributed by atoms with Gasteiger partial charge in [-0.25, -0.2) is 0 Å². The van der Waals surface area contributed by atoms with Crippen LogP contribution < -0.4 is 5.32 Å². The van der Waals surface area contributed by atoms with Crippen molar-refractivity contribution in [3.63, 3.8) is 0 Å². The first-order valence-corrected chi connectivity index (χ1v) is 7.37. The third-order valence-electron chi connectivity index (χ3n) is 4.11. The van der Waals surface area contributed by atoms with E-state index < -0.39 is 6.04 Å². The highest BCUT2D eigenvalue weighted by molar-refractivity contribution is 6.05. The quantitative estimate of drug-likeness (QED) is 0.869. The standard InChI is InChI=1S/C17H24N2O2/c1-11(18-14-10-15(20)19(5)16(14)21)12-6-8-13(9-7-12)17(2,3)4/h6-9,11,14,18H,10H2,1-5H3. The van der Waals surface area contributed by atoms with Crippen molar-refractivity contribution in [2.75, 3.05) is 7.05 Å². The van der Waals surface area contributed by atoms with E-state index in [9.17, 15) is 9.59 Å². The molecule has 2 unspecified atom stereocenters. The van der Waals surface area contributed by atoms with Gasteiger partial charge in [-0.1, -0.05) is 45.0 Å². The van der Waals surface area contributed by atoms with Gasteiger partial charge in [0.1, 0.15) is 0 Å². The van der Waals surface area contributed by atoms with Crippen molar-refractivity contribution in [3.8, 4) is 0 Å². The van der Waals surface area contributed by atoms with Crippen LogP contribution in [-0.2, 0) is 15.0 Å². The predicted molar refractivity (Wildman–Crippen MR) is 82.9 cm³/mol. The van der Waals surface area contributed by atoms with Crippen molar-refractivity contribution in [2.24, 2.45) is 0 Å². The molecule has 2 rings (SSSR count). The fraction of sp³-hybridized carbons (Fsp3) is 0.529. The molecule has 1 N–H and O–H groups in total. The van der Waals surface area contributed by atoms with E-state index in [1.807, 2.05) is 6.92 Å². The molecule has 0 bridgehead atoms. The summed E-state index contributed by atoms with van der Waals surface area (Å²) in [5.41, 5.74) is 2.54. The lowest BCUT2D eigenvalue weighted by atomic mass is 9.86. The van der Waals surface area contributed by atoms with Crippen molar-refractivity contribution in [1.29, 1.82) is 0 Å². The fourth-order valence-corrected chi connectivity index (χ4v) is 2.56. The molecule has 1 aromatic rings. The number of imide groups is 1.